The first-order valence-corrected chi connectivity index (χ1v) is 13.5. The monoisotopic (exact) mass is 665 g/mol. The maximum Gasteiger partial charge on any atom is 0.419 e. The largest absolute Gasteiger partial charge is 0.419 e. The van der Waals surface area contributed by atoms with Crippen LogP contribution in [0.15, 0.2) is 48.5 Å². The fraction of sp³-hybridized carbons (Fsp3) is 0.250. The van der Waals surface area contributed by atoms with Crippen LogP contribution in [-0.2, 0) is 15.8 Å². The number of halogens is 9. The van der Waals surface area contributed by atoms with Crippen LogP contribution in [0.2, 0.25) is 5.02 Å². The van der Waals surface area contributed by atoms with Gasteiger partial charge in [-0.2, -0.15) is 13.2 Å². The molecular weight excluding hydrogens is 647 g/mol. The number of rotatable bonds is 7. The SMILES string of the molecule is CC(C)C(=O)Nc1c(F)ccc(NC(=O)c2cc(NC(=O)[C@H]3[C@H](c4ccc(F)c(C(F)(F)F)c4)C3(Cl)Cl)ccc2Cl)c1F. The Bertz CT molecular complexity index is 1630. The second-order valence-corrected chi connectivity index (χ2v) is 11.8. The summed E-state index contributed by atoms with van der Waals surface area (Å²) in [7, 11) is 0. The van der Waals surface area contributed by atoms with Crippen molar-refractivity contribution in [3.05, 3.63) is 87.7 Å². The first-order valence-electron chi connectivity index (χ1n) is 12.4. The van der Waals surface area contributed by atoms with E-state index in [9.17, 15) is 40.7 Å². The van der Waals surface area contributed by atoms with E-state index in [4.69, 9.17) is 34.8 Å². The number of carbonyl (C=O) groups excluding carboxylic acids is 3. The quantitative estimate of drug-likeness (QED) is 0.176. The number of anilines is 3. The van der Waals surface area contributed by atoms with Crippen LogP contribution in [0, 0.1) is 29.3 Å². The van der Waals surface area contributed by atoms with Crippen molar-refractivity contribution in [3.63, 3.8) is 0 Å². The van der Waals surface area contributed by atoms with Gasteiger partial charge in [0.15, 0.2) is 5.82 Å². The van der Waals surface area contributed by atoms with Gasteiger partial charge in [0, 0.05) is 17.5 Å². The molecular formula is C28H20Cl3F6N3O3. The van der Waals surface area contributed by atoms with E-state index in [1.165, 1.54) is 26.0 Å². The van der Waals surface area contributed by atoms with Crippen molar-refractivity contribution in [2.45, 2.75) is 30.3 Å². The van der Waals surface area contributed by atoms with Gasteiger partial charge < -0.3 is 16.0 Å². The molecule has 228 valence electrons. The molecule has 4 rings (SSSR count). The Hall–Kier alpha value is -3.48. The molecule has 1 saturated carbocycles. The maximum atomic E-state index is 15.0. The predicted octanol–water partition coefficient (Wildman–Crippen LogP) is 8.15. The van der Waals surface area contributed by atoms with E-state index >= 15 is 0 Å². The van der Waals surface area contributed by atoms with Crippen molar-refractivity contribution in [1.82, 2.24) is 0 Å². The molecule has 1 fully saturated rings. The van der Waals surface area contributed by atoms with E-state index < -0.39 is 80.4 Å². The predicted molar refractivity (Wildman–Crippen MR) is 150 cm³/mol. The third kappa shape index (κ3) is 6.71. The lowest BCUT2D eigenvalue weighted by atomic mass is 10.0. The zero-order chi connectivity index (χ0) is 32.0. The Morgan fingerprint density at radius 2 is 1.53 bits per heavy atom. The highest BCUT2D eigenvalue weighted by molar-refractivity contribution is 6.53. The van der Waals surface area contributed by atoms with Gasteiger partial charge in [-0.1, -0.05) is 31.5 Å². The molecule has 2 atom stereocenters. The third-order valence-electron chi connectivity index (χ3n) is 6.58. The highest BCUT2D eigenvalue weighted by Crippen LogP contribution is 2.65. The van der Waals surface area contributed by atoms with Gasteiger partial charge in [0.1, 0.15) is 21.7 Å². The smallest absolute Gasteiger partial charge is 0.326 e. The van der Waals surface area contributed by atoms with Crippen molar-refractivity contribution in [2.75, 3.05) is 16.0 Å². The van der Waals surface area contributed by atoms with Crippen LogP contribution in [0.5, 0.6) is 0 Å². The lowest BCUT2D eigenvalue weighted by molar-refractivity contribution is -0.140. The Labute approximate surface area is 255 Å². The van der Waals surface area contributed by atoms with Crippen LogP contribution in [0.3, 0.4) is 0 Å². The summed E-state index contributed by atoms with van der Waals surface area (Å²) in [6.07, 6.45) is -4.99. The summed E-state index contributed by atoms with van der Waals surface area (Å²) in [6.45, 7) is 3.03. The fourth-order valence-electron chi connectivity index (χ4n) is 4.24. The van der Waals surface area contributed by atoms with Crippen molar-refractivity contribution < 1.29 is 40.7 Å². The molecule has 6 nitrogen and oxygen atoms in total. The number of hydrogen-bond donors (Lipinski definition) is 3. The summed E-state index contributed by atoms with van der Waals surface area (Å²) >= 11 is 18.6. The van der Waals surface area contributed by atoms with Gasteiger partial charge in [-0.3, -0.25) is 14.4 Å². The number of hydrogen-bond acceptors (Lipinski definition) is 3. The molecule has 3 N–H and O–H groups in total. The molecule has 1 aliphatic carbocycles. The number of alkyl halides is 5. The average Bonchev–Trinajstić information content (AvgIpc) is 3.50. The van der Waals surface area contributed by atoms with Gasteiger partial charge in [0.25, 0.3) is 5.91 Å². The summed E-state index contributed by atoms with van der Waals surface area (Å²) in [5.41, 5.74) is -3.16. The average molecular weight is 667 g/mol. The van der Waals surface area contributed by atoms with E-state index in [0.29, 0.717) is 12.1 Å². The highest BCUT2D eigenvalue weighted by Gasteiger charge is 2.67. The van der Waals surface area contributed by atoms with Gasteiger partial charge in [-0.25, -0.2) is 13.2 Å². The lowest BCUT2D eigenvalue weighted by Gasteiger charge is -2.14. The molecule has 43 heavy (non-hydrogen) atoms. The van der Waals surface area contributed by atoms with Crippen LogP contribution < -0.4 is 16.0 Å². The Morgan fingerprint density at radius 3 is 2.16 bits per heavy atom. The van der Waals surface area contributed by atoms with E-state index in [-0.39, 0.29) is 21.8 Å². The fourth-order valence-corrected chi connectivity index (χ4v) is 5.27. The minimum absolute atomic E-state index is 0.00566. The van der Waals surface area contributed by atoms with Crippen LogP contribution in [0.4, 0.5) is 43.4 Å². The Morgan fingerprint density at radius 1 is 0.884 bits per heavy atom. The normalized spacial score (nSPS) is 17.4. The molecule has 0 radical (unpaired) electrons. The van der Waals surface area contributed by atoms with Crippen molar-refractivity contribution >= 4 is 69.6 Å². The number of amides is 3. The van der Waals surface area contributed by atoms with Gasteiger partial charge >= 0.3 is 6.18 Å². The molecule has 0 saturated heterocycles. The number of nitrogens with one attached hydrogen (secondary N) is 3. The number of benzene rings is 3. The Balaban J connectivity index is 1.53. The van der Waals surface area contributed by atoms with Crippen LogP contribution in [-0.4, -0.2) is 22.1 Å². The van der Waals surface area contributed by atoms with Crippen LogP contribution in [0.25, 0.3) is 0 Å². The lowest BCUT2D eigenvalue weighted by Crippen LogP contribution is -2.21. The molecule has 0 bridgehead atoms. The summed E-state index contributed by atoms with van der Waals surface area (Å²) < 4.78 is 80.6. The van der Waals surface area contributed by atoms with Gasteiger partial charge in [-0.15, -0.1) is 23.2 Å². The standard InChI is InChI=1S/C28H20Cl3F6N3O3/c1-11(2)24(41)40-23-18(33)7-8-19(22(23)34)39-25(42)14-10-13(4-5-16(14)29)38-26(43)21-20(27(21,30)31)12-3-6-17(32)15(9-12)28(35,36)37/h3-11,20-21H,1-2H3,(H,38,43)(H,39,42)(H,40,41)/t20-,21+/m0/s1. The zero-order valence-corrected chi connectivity index (χ0v) is 24.2. The van der Waals surface area contributed by atoms with E-state index in [0.717, 1.165) is 24.3 Å². The van der Waals surface area contributed by atoms with E-state index in [2.05, 4.69) is 16.0 Å². The second kappa shape index (κ2) is 11.9. The van der Waals surface area contributed by atoms with Gasteiger partial charge in [0.05, 0.1) is 27.8 Å². The molecule has 3 aromatic rings. The van der Waals surface area contributed by atoms with Crippen molar-refractivity contribution in [1.29, 1.82) is 0 Å². The van der Waals surface area contributed by atoms with E-state index in [1.807, 2.05) is 0 Å². The van der Waals surface area contributed by atoms with Crippen molar-refractivity contribution in [2.24, 2.45) is 11.8 Å². The Kier molecular flexibility index (Phi) is 8.97. The third-order valence-corrected chi connectivity index (χ3v) is 7.85. The van der Waals surface area contributed by atoms with Gasteiger partial charge in [0.2, 0.25) is 11.8 Å². The molecule has 0 heterocycles. The first-order chi connectivity index (χ1) is 19.9. The molecule has 0 spiro atoms. The minimum Gasteiger partial charge on any atom is -0.326 e. The molecule has 0 aliphatic heterocycles. The number of carbonyl (C=O) groups is 3. The molecule has 0 aromatic heterocycles. The second-order valence-electron chi connectivity index (χ2n) is 9.93. The summed E-state index contributed by atoms with van der Waals surface area (Å²) in [5.74, 6) is -9.23. The highest BCUT2D eigenvalue weighted by atomic mass is 35.5. The van der Waals surface area contributed by atoms with Crippen LogP contribution in [0.1, 0.15) is 41.3 Å². The summed E-state index contributed by atoms with van der Waals surface area (Å²) in [4.78, 5) is 37.9. The molecule has 3 aromatic carbocycles. The summed E-state index contributed by atoms with van der Waals surface area (Å²) in [6, 6.07) is 7.60. The zero-order valence-electron chi connectivity index (χ0n) is 22.0. The first kappa shape index (κ1) is 32.4. The van der Waals surface area contributed by atoms with Crippen molar-refractivity contribution in [3.8, 4) is 0 Å². The maximum absolute atomic E-state index is 15.0. The van der Waals surface area contributed by atoms with E-state index in [1.54, 1.807) is 0 Å². The topological polar surface area (TPSA) is 87.3 Å². The molecule has 15 heteroatoms. The molecule has 1 aliphatic rings. The van der Waals surface area contributed by atoms with Crippen LogP contribution >= 0.6 is 34.8 Å². The molecule has 3 amide bonds. The molecule has 0 unspecified atom stereocenters. The summed E-state index contributed by atoms with van der Waals surface area (Å²) in [5, 5.41) is 6.67. The minimum atomic E-state index is -4.99. The van der Waals surface area contributed by atoms with Gasteiger partial charge in [-0.05, 0) is 48.0 Å².